The first-order valence-corrected chi connectivity index (χ1v) is 7.82. The standard InChI is InChI=1S/C18H22N2O4/c1-14-6-3-4-7-15(14)24-13-11-20(2)17(21)9-10-19-18(22)16-8-5-12-23-16/h3-8,12H,9-11,13H2,1-2H3,(H,19,22). The number of amides is 2. The van der Waals surface area contributed by atoms with Gasteiger partial charge in [-0.25, -0.2) is 0 Å². The molecule has 0 fully saturated rings. The Kier molecular flexibility index (Phi) is 6.42. The fourth-order valence-corrected chi connectivity index (χ4v) is 2.10. The molecule has 1 aromatic heterocycles. The summed E-state index contributed by atoms with van der Waals surface area (Å²) in [5.74, 6) is 0.688. The Labute approximate surface area is 141 Å². The van der Waals surface area contributed by atoms with Crippen molar-refractivity contribution in [3.05, 3.63) is 54.0 Å². The second-order valence-corrected chi connectivity index (χ2v) is 5.41. The maximum Gasteiger partial charge on any atom is 0.286 e. The topological polar surface area (TPSA) is 71.8 Å². The average Bonchev–Trinajstić information content (AvgIpc) is 3.11. The molecule has 0 bridgehead atoms. The summed E-state index contributed by atoms with van der Waals surface area (Å²) < 4.78 is 10.7. The molecule has 2 amide bonds. The van der Waals surface area contributed by atoms with Gasteiger partial charge in [-0.15, -0.1) is 0 Å². The highest BCUT2D eigenvalue weighted by atomic mass is 16.5. The number of furan rings is 1. The molecule has 0 aliphatic heterocycles. The monoisotopic (exact) mass is 330 g/mol. The van der Waals surface area contributed by atoms with Gasteiger partial charge in [0.1, 0.15) is 12.4 Å². The fraction of sp³-hybridized carbons (Fsp3) is 0.333. The molecular weight excluding hydrogens is 308 g/mol. The van der Waals surface area contributed by atoms with Crippen molar-refractivity contribution in [3.8, 4) is 5.75 Å². The van der Waals surface area contributed by atoms with E-state index in [1.54, 1.807) is 24.1 Å². The predicted molar refractivity (Wildman–Crippen MR) is 90.0 cm³/mol. The summed E-state index contributed by atoms with van der Waals surface area (Å²) in [6.07, 6.45) is 1.66. The van der Waals surface area contributed by atoms with Gasteiger partial charge in [0.2, 0.25) is 5.91 Å². The minimum atomic E-state index is -0.321. The quantitative estimate of drug-likeness (QED) is 0.806. The van der Waals surface area contributed by atoms with Crippen LogP contribution < -0.4 is 10.1 Å². The van der Waals surface area contributed by atoms with Gasteiger partial charge in [-0.3, -0.25) is 9.59 Å². The molecular formula is C18H22N2O4. The van der Waals surface area contributed by atoms with E-state index in [9.17, 15) is 9.59 Å². The predicted octanol–water partition coefficient (Wildman–Crippen LogP) is 2.25. The normalized spacial score (nSPS) is 10.2. The highest BCUT2D eigenvalue weighted by molar-refractivity contribution is 5.91. The molecule has 0 aliphatic rings. The summed E-state index contributed by atoms with van der Waals surface area (Å²) in [7, 11) is 1.72. The molecule has 0 radical (unpaired) electrons. The van der Waals surface area contributed by atoms with Gasteiger partial charge in [-0.2, -0.15) is 0 Å². The van der Waals surface area contributed by atoms with Gasteiger partial charge < -0.3 is 19.4 Å². The van der Waals surface area contributed by atoms with Crippen LogP contribution in [0.15, 0.2) is 47.1 Å². The molecule has 0 saturated heterocycles. The van der Waals surface area contributed by atoms with Crippen LogP contribution in [0.3, 0.4) is 0 Å². The van der Waals surface area contributed by atoms with Gasteiger partial charge in [-0.05, 0) is 30.7 Å². The van der Waals surface area contributed by atoms with E-state index in [1.165, 1.54) is 6.26 Å². The first-order valence-electron chi connectivity index (χ1n) is 7.82. The lowest BCUT2D eigenvalue weighted by atomic mass is 10.2. The lowest BCUT2D eigenvalue weighted by molar-refractivity contribution is -0.130. The lowest BCUT2D eigenvalue weighted by Crippen LogP contribution is -2.34. The van der Waals surface area contributed by atoms with Crippen molar-refractivity contribution in [2.24, 2.45) is 0 Å². The minimum Gasteiger partial charge on any atom is -0.491 e. The van der Waals surface area contributed by atoms with Gasteiger partial charge in [0.15, 0.2) is 5.76 Å². The molecule has 2 rings (SSSR count). The number of para-hydroxylation sites is 1. The van der Waals surface area contributed by atoms with Crippen LogP contribution in [0.5, 0.6) is 5.75 Å². The molecule has 0 atom stereocenters. The number of aryl methyl sites for hydroxylation is 1. The van der Waals surface area contributed by atoms with Gasteiger partial charge >= 0.3 is 0 Å². The van der Waals surface area contributed by atoms with Crippen LogP contribution >= 0.6 is 0 Å². The minimum absolute atomic E-state index is 0.0527. The van der Waals surface area contributed by atoms with Crippen LogP contribution in [0.2, 0.25) is 0 Å². The van der Waals surface area contributed by atoms with E-state index < -0.39 is 0 Å². The number of carbonyl (C=O) groups excluding carboxylic acids is 2. The van der Waals surface area contributed by atoms with Crippen LogP contribution in [0.4, 0.5) is 0 Å². The number of ether oxygens (including phenoxy) is 1. The highest BCUT2D eigenvalue weighted by Crippen LogP contribution is 2.15. The largest absolute Gasteiger partial charge is 0.491 e. The Morgan fingerprint density at radius 3 is 2.71 bits per heavy atom. The van der Waals surface area contributed by atoms with E-state index in [0.717, 1.165) is 11.3 Å². The molecule has 6 nitrogen and oxygen atoms in total. The number of nitrogens with one attached hydrogen (secondary N) is 1. The Morgan fingerprint density at radius 2 is 2.00 bits per heavy atom. The maximum atomic E-state index is 12.0. The lowest BCUT2D eigenvalue weighted by Gasteiger charge is -2.18. The average molecular weight is 330 g/mol. The van der Waals surface area contributed by atoms with Crippen LogP contribution in [0.1, 0.15) is 22.5 Å². The molecule has 0 unspecified atom stereocenters. The first kappa shape index (κ1) is 17.6. The van der Waals surface area contributed by atoms with Crippen molar-refractivity contribution in [3.63, 3.8) is 0 Å². The summed E-state index contributed by atoms with van der Waals surface area (Å²) in [6, 6.07) is 11.0. The highest BCUT2D eigenvalue weighted by Gasteiger charge is 2.11. The van der Waals surface area contributed by atoms with Crippen molar-refractivity contribution in [1.29, 1.82) is 0 Å². The number of rotatable bonds is 8. The summed E-state index contributed by atoms with van der Waals surface area (Å²) in [5, 5.41) is 2.65. The molecule has 0 aliphatic carbocycles. The first-order chi connectivity index (χ1) is 11.6. The van der Waals surface area contributed by atoms with E-state index in [-0.39, 0.29) is 30.5 Å². The second-order valence-electron chi connectivity index (χ2n) is 5.41. The molecule has 1 N–H and O–H groups in total. The van der Waals surface area contributed by atoms with Gasteiger partial charge in [0.05, 0.1) is 12.8 Å². The van der Waals surface area contributed by atoms with Crippen molar-refractivity contribution < 1.29 is 18.7 Å². The second kappa shape index (κ2) is 8.76. The van der Waals surface area contributed by atoms with Gasteiger partial charge in [0.25, 0.3) is 5.91 Å². The summed E-state index contributed by atoms with van der Waals surface area (Å²) in [5.41, 5.74) is 1.06. The number of benzene rings is 1. The van der Waals surface area contributed by atoms with E-state index in [1.807, 2.05) is 31.2 Å². The van der Waals surface area contributed by atoms with Crippen LogP contribution in [-0.2, 0) is 4.79 Å². The Morgan fingerprint density at radius 1 is 1.21 bits per heavy atom. The molecule has 0 spiro atoms. The Bertz CT molecular complexity index is 667. The zero-order valence-corrected chi connectivity index (χ0v) is 14.0. The third-order valence-corrected chi connectivity index (χ3v) is 3.57. The summed E-state index contributed by atoms with van der Waals surface area (Å²) >= 11 is 0. The fourth-order valence-electron chi connectivity index (χ4n) is 2.10. The number of hydrogen-bond acceptors (Lipinski definition) is 4. The van der Waals surface area contributed by atoms with Crippen molar-refractivity contribution in [2.45, 2.75) is 13.3 Å². The zero-order chi connectivity index (χ0) is 17.4. The number of likely N-dealkylation sites (N-methyl/N-ethyl adjacent to an activating group) is 1. The summed E-state index contributed by atoms with van der Waals surface area (Å²) in [6.45, 7) is 3.15. The molecule has 1 heterocycles. The van der Waals surface area contributed by atoms with Crippen LogP contribution in [0.25, 0.3) is 0 Å². The van der Waals surface area contributed by atoms with E-state index in [2.05, 4.69) is 5.32 Å². The number of nitrogens with zero attached hydrogens (tertiary/aromatic N) is 1. The van der Waals surface area contributed by atoms with E-state index >= 15 is 0 Å². The van der Waals surface area contributed by atoms with Crippen LogP contribution in [-0.4, -0.2) is 43.5 Å². The number of carbonyl (C=O) groups is 2. The SMILES string of the molecule is Cc1ccccc1OCCN(C)C(=O)CCNC(=O)c1ccco1. The van der Waals surface area contributed by atoms with Crippen molar-refractivity contribution >= 4 is 11.8 Å². The van der Waals surface area contributed by atoms with Crippen LogP contribution in [0, 0.1) is 6.92 Å². The van der Waals surface area contributed by atoms with Crippen molar-refractivity contribution in [2.75, 3.05) is 26.7 Å². The number of hydrogen-bond donors (Lipinski definition) is 1. The third-order valence-electron chi connectivity index (χ3n) is 3.57. The Balaban J connectivity index is 1.65. The summed E-state index contributed by atoms with van der Waals surface area (Å²) in [4.78, 5) is 25.3. The molecule has 24 heavy (non-hydrogen) atoms. The maximum absolute atomic E-state index is 12.0. The molecule has 0 saturated carbocycles. The molecule has 6 heteroatoms. The molecule has 2 aromatic rings. The smallest absolute Gasteiger partial charge is 0.286 e. The van der Waals surface area contributed by atoms with Gasteiger partial charge in [-0.1, -0.05) is 18.2 Å². The third kappa shape index (κ3) is 5.15. The zero-order valence-electron chi connectivity index (χ0n) is 14.0. The van der Waals surface area contributed by atoms with Crippen molar-refractivity contribution in [1.82, 2.24) is 10.2 Å². The molecule has 1 aromatic carbocycles. The Hall–Kier alpha value is -2.76. The van der Waals surface area contributed by atoms with Gasteiger partial charge in [0, 0.05) is 20.0 Å². The van der Waals surface area contributed by atoms with E-state index in [0.29, 0.717) is 13.2 Å². The van der Waals surface area contributed by atoms with E-state index in [4.69, 9.17) is 9.15 Å². The molecule has 128 valence electrons.